The van der Waals surface area contributed by atoms with E-state index in [0.29, 0.717) is 18.0 Å². The summed E-state index contributed by atoms with van der Waals surface area (Å²) in [6.07, 6.45) is 0.375. The fourth-order valence-corrected chi connectivity index (χ4v) is 2.91. The number of nitrogens with one attached hydrogen (secondary N) is 1. The van der Waals surface area contributed by atoms with E-state index >= 15 is 0 Å². The van der Waals surface area contributed by atoms with Crippen LogP contribution in [-0.4, -0.2) is 23.5 Å². The topological polar surface area (TPSA) is 75.4 Å². The van der Waals surface area contributed by atoms with E-state index in [1.165, 1.54) is 4.90 Å². The van der Waals surface area contributed by atoms with Crippen molar-refractivity contribution in [1.29, 1.82) is 0 Å². The molecule has 0 fully saturated rings. The zero-order valence-corrected chi connectivity index (χ0v) is 13.4. The number of hydrogen-bond acceptors (Lipinski definition) is 4. The minimum atomic E-state index is -0.304. The monoisotopic (exact) mass is 313 g/mol. The number of aryl methyl sites for hydroxylation is 1. The average Bonchev–Trinajstić information content (AvgIpc) is 2.88. The summed E-state index contributed by atoms with van der Waals surface area (Å²) in [5.74, 6) is 0.605. The van der Waals surface area contributed by atoms with Crippen LogP contribution in [0.1, 0.15) is 31.6 Å². The Morgan fingerprint density at radius 3 is 2.83 bits per heavy atom. The van der Waals surface area contributed by atoms with Crippen molar-refractivity contribution >= 4 is 23.3 Å². The number of carbonyl (C=O) groups is 2. The summed E-state index contributed by atoms with van der Waals surface area (Å²) in [6.45, 7) is 5.78. The summed E-state index contributed by atoms with van der Waals surface area (Å²) in [5.41, 5.74) is 1.63. The second-order valence-corrected chi connectivity index (χ2v) is 6.43. The highest BCUT2D eigenvalue weighted by atomic mass is 16.5. The molecule has 1 aromatic carbocycles. The Bertz CT molecular complexity index is 764. The van der Waals surface area contributed by atoms with Crippen LogP contribution in [0, 0.1) is 6.92 Å². The quantitative estimate of drug-likeness (QED) is 0.945. The van der Waals surface area contributed by atoms with E-state index in [1.54, 1.807) is 13.0 Å². The van der Waals surface area contributed by atoms with Gasteiger partial charge in [-0.2, -0.15) is 0 Å². The number of fused-ring (bicyclic) bond motifs is 1. The molecule has 1 N–H and O–H groups in total. The fraction of sp³-hybridized carbons (Fsp3) is 0.353. The molecule has 2 heterocycles. The summed E-state index contributed by atoms with van der Waals surface area (Å²) in [6, 6.07) is 9.34. The van der Waals surface area contributed by atoms with Gasteiger partial charge in [0, 0.05) is 23.6 Å². The Morgan fingerprint density at radius 2 is 2.13 bits per heavy atom. The van der Waals surface area contributed by atoms with Crippen LogP contribution in [0.15, 0.2) is 34.9 Å². The fourth-order valence-electron chi connectivity index (χ4n) is 2.91. The molecule has 0 saturated carbocycles. The van der Waals surface area contributed by atoms with Gasteiger partial charge in [-0.15, -0.1) is 0 Å². The van der Waals surface area contributed by atoms with Gasteiger partial charge < -0.3 is 14.7 Å². The molecule has 6 heteroatoms. The number of benzene rings is 1. The first-order chi connectivity index (χ1) is 10.9. The lowest BCUT2D eigenvalue weighted by molar-refractivity contribution is -0.122. The molecule has 0 spiro atoms. The minimum absolute atomic E-state index is 0.0438. The van der Waals surface area contributed by atoms with Gasteiger partial charge in [0.05, 0.1) is 0 Å². The summed E-state index contributed by atoms with van der Waals surface area (Å²) in [7, 11) is 0. The molecule has 0 atom stereocenters. The molecule has 23 heavy (non-hydrogen) atoms. The van der Waals surface area contributed by atoms with Crippen LogP contribution >= 0.6 is 0 Å². The zero-order chi connectivity index (χ0) is 16.6. The Kier molecular flexibility index (Phi) is 3.67. The van der Waals surface area contributed by atoms with Crippen molar-refractivity contribution < 1.29 is 14.1 Å². The van der Waals surface area contributed by atoms with Crippen molar-refractivity contribution in [3.63, 3.8) is 0 Å². The SMILES string of the molecule is Cc1cc(NC(=O)CN2C(=O)CC(C)(C)c3ccccc32)no1. The number of aromatic nitrogens is 1. The van der Waals surface area contributed by atoms with E-state index in [4.69, 9.17) is 4.52 Å². The van der Waals surface area contributed by atoms with Gasteiger partial charge in [-0.05, 0) is 18.6 Å². The van der Waals surface area contributed by atoms with E-state index in [1.807, 2.05) is 38.1 Å². The van der Waals surface area contributed by atoms with Gasteiger partial charge in [0.15, 0.2) is 5.82 Å². The Morgan fingerprint density at radius 1 is 1.39 bits per heavy atom. The molecule has 2 amide bonds. The van der Waals surface area contributed by atoms with E-state index in [2.05, 4.69) is 10.5 Å². The third-order valence-corrected chi connectivity index (χ3v) is 4.02. The van der Waals surface area contributed by atoms with Crippen molar-refractivity contribution in [2.75, 3.05) is 16.8 Å². The lowest BCUT2D eigenvalue weighted by Gasteiger charge is -2.38. The highest BCUT2D eigenvalue weighted by Gasteiger charge is 2.37. The third-order valence-electron chi connectivity index (χ3n) is 4.02. The molecule has 1 aromatic heterocycles. The third kappa shape index (κ3) is 2.97. The van der Waals surface area contributed by atoms with Gasteiger partial charge in [-0.25, -0.2) is 0 Å². The normalized spacial score (nSPS) is 16.1. The molecule has 120 valence electrons. The minimum Gasteiger partial charge on any atom is -0.360 e. The van der Waals surface area contributed by atoms with Crippen molar-refractivity contribution in [1.82, 2.24) is 5.16 Å². The Balaban J connectivity index is 1.82. The lowest BCUT2D eigenvalue weighted by Crippen LogP contribution is -2.45. The Hall–Kier alpha value is -2.63. The van der Waals surface area contributed by atoms with E-state index in [-0.39, 0.29) is 23.8 Å². The van der Waals surface area contributed by atoms with E-state index < -0.39 is 0 Å². The molecule has 0 aliphatic carbocycles. The van der Waals surface area contributed by atoms with Gasteiger partial charge in [0.1, 0.15) is 12.3 Å². The molecule has 6 nitrogen and oxygen atoms in total. The molecule has 0 bridgehead atoms. The van der Waals surface area contributed by atoms with Crippen LogP contribution in [0.3, 0.4) is 0 Å². The smallest absolute Gasteiger partial charge is 0.245 e. The van der Waals surface area contributed by atoms with Crippen molar-refractivity contribution in [3.05, 3.63) is 41.7 Å². The molecule has 0 unspecified atom stereocenters. The number of anilines is 2. The summed E-state index contributed by atoms with van der Waals surface area (Å²) < 4.78 is 4.91. The molecular formula is C17H19N3O3. The van der Waals surface area contributed by atoms with Crippen molar-refractivity contribution in [2.24, 2.45) is 0 Å². The largest absolute Gasteiger partial charge is 0.360 e. The highest BCUT2D eigenvalue weighted by molar-refractivity contribution is 6.04. The van der Waals surface area contributed by atoms with Crippen LogP contribution < -0.4 is 10.2 Å². The molecule has 0 saturated heterocycles. The number of rotatable bonds is 3. The Labute approximate surface area is 134 Å². The summed E-state index contributed by atoms with van der Waals surface area (Å²) in [4.78, 5) is 26.2. The standard InChI is InChI=1S/C17H19N3O3/c1-11-8-14(19-23-11)18-15(21)10-20-13-7-5-4-6-12(13)17(2,3)9-16(20)22/h4-8H,9-10H2,1-3H3,(H,18,19,21). The first kappa shape index (κ1) is 15.3. The predicted molar refractivity (Wildman–Crippen MR) is 86.3 cm³/mol. The van der Waals surface area contributed by atoms with Gasteiger partial charge in [0.25, 0.3) is 0 Å². The first-order valence-electron chi connectivity index (χ1n) is 7.50. The maximum atomic E-state index is 12.5. The number of nitrogens with zero attached hydrogens (tertiary/aromatic N) is 2. The molecule has 1 aliphatic rings. The summed E-state index contributed by atoms with van der Waals surface area (Å²) >= 11 is 0. The molecule has 3 rings (SSSR count). The molecule has 1 aliphatic heterocycles. The van der Waals surface area contributed by atoms with Gasteiger partial charge in [-0.1, -0.05) is 37.2 Å². The predicted octanol–water partition coefficient (Wildman–Crippen LogP) is 2.64. The van der Waals surface area contributed by atoms with E-state index in [0.717, 1.165) is 11.3 Å². The maximum Gasteiger partial charge on any atom is 0.245 e. The average molecular weight is 313 g/mol. The van der Waals surface area contributed by atoms with Gasteiger partial charge in [-0.3, -0.25) is 9.59 Å². The number of amides is 2. The van der Waals surface area contributed by atoms with Crippen LogP contribution in [-0.2, 0) is 15.0 Å². The van der Waals surface area contributed by atoms with Gasteiger partial charge in [0.2, 0.25) is 11.8 Å². The molecular weight excluding hydrogens is 294 g/mol. The van der Waals surface area contributed by atoms with Crippen LogP contribution in [0.25, 0.3) is 0 Å². The number of para-hydroxylation sites is 1. The number of carbonyl (C=O) groups excluding carboxylic acids is 2. The number of hydrogen-bond donors (Lipinski definition) is 1. The second kappa shape index (κ2) is 5.53. The molecule has 0 radical (unpaired) electrons. The van der Waals surface area contributed by atoms with Crippen molar-refractivity contribution in [2.45, 2.75) is 32.6 Å². The highest BCUT2D eigenvalue weighted by Crippen LogP contribution is 2.39. The van der Waals surface area contributed by atoms with Crippen LogP contribution in [0.4, 0.5) is 11.5 Å². The lowest BCUT2D eigenvalue weighted by atomic mass is 9.77. The first-order valence-corrected chi connectivity index (χ1v) is 7.50. The molecule has 2 aromatic rings. The second-order valence-electron chi connectivity index (χ2n) is 6.43. The van der Waals surface area contributed by atoms with Crippen LogP contribution in [0.5, 0.6) is 0 Å². The maximum absolute atomic E-state index is 12.5. The summed E-state index contributed by atoms with van der Waals surface area (Å²) in [5, 5.41) is 6.37. The zero-order valence-electron chi connectivity index (χ0n) is 13.4. The van der Waals surface area contributed by atoms with Crippen LogP contribution in [0.2, 0.25) is 0 Å². The van der Waals surface area contributed by atoms with E-state index in [9.17, 15) is 9.59 Å². The van der Waals surface area contributed by atoms with Gasteiger partial charge >= 0.3 is 0 Å². The van der Waals surface area contributed by atoms with Crippen molar-refractivity contribution in [3.8, 4) is 0 Å².